The largest absolute Gasteiger partial charge is 0.477 e. The Morgan fingerprint density at radius 2 is 2.05 bits per heavy atom. The lowest BCUT2D eigenvalue weighted by atomic mass is 10.1. The van der Waals surface area contributed by atoms with Crippen LogP contribution >= 0.6 is 11.3 Å². The number of anilines is 1. The lowest BCUT2D eigenvalue weighted by molar-refractivity contribution is 0.0701. The van der Waals surface area contributed by atoms with Crippen LogP contribution in [0.15, 0.2) is 36.5 Å². The predicted molar refractivity (Wildman–Crippen MR) is 82.3 cm³/mol. The number of amides is 1. The smallest absolute Gasteiger partial charge is 0.346 e. The summed E-state index contributed by atoms with van der Waals surface area (Å²) in [5, 5.41) is 13.3. The molecule has 0 unspecified atom stereocenters. The Balaban J connectivity index is 1.85. The van der Waals surface area contributed by atoms with Crippen molar-refractivity contribution >= 4 is 39.1 Å². The van der Waals surface area contributed by atoms with Gasteiger partial charge in [-0.15, -0.1) is 11.3 Å². The number of carbonyl (C=O) groups is 2. The molecule has 0 fully saturated rings. The minimum atomic E-state index is -0.981. The standard InChI is InChI=1S/C15H12N2O3S/c1-8-6-12(21-13(8)15(19)20)17-14(18)10-3-2-9-4-5-16-11(9)7-10/h2-7,16H,1H3,(H,17,18)(H,19,20). The number of hydrogen-bond acceptors (Lipinski definition) is 3. The van der Waals surface area contributed by atoms with E-state index in [9.17, 15) is 9.59 Å². The van der Waals surface area contributed by atoms with Crippen molar-refractivity contribution in [3.63, 3.8) is 0 Å². The van der Waals surface area contributed by atoms with Gasteiger partial charge in [0.05, 0.1) is 5.00 Å². The van der Waals surface area contributed by atoms with Crippen molar-refractivity contribution in [2.45, 2.75) is 6.92 Å². The van der Waals surface area contributed by atoms with Crippen molar-refractivity contribution in [1.29, 1.82) is 0 Å². The molecule has 0 saturated carbocycles. The lowest BCUT2D eigenvalue weighted by Gasteiger charge is -2.02. The molecule has 1 aromatic carbocycles. The third-order valence-corrected chi connectivity index (χ3v) is 4.31. The third-order valence-electron chi connectivity index (χ3n) is 3.17. The van der Waals surface area contributed by atoms with Gasteiger partial charge < -0.3 is 15.4 Å². The predicted octanol–water partition coefficient (Wildman–Crippen LogP) is 3.49. The van der Waals surface area contributed by atoms with Gasteiger partial charge in [0.2, 0.25) is 0 Å². The number of hydrogen-bond donors (Lipinski definition) is 3. The van der Waals surface area contributed by atoms with Gasteiger partial charge in [-0.05, 0) is 42.1 Å². The second-order valence-corrected chi connectivity index (χ2v) is 5.71. The fourth-order valence-corrected chi connectivity index (χ4v) is 3.04. The number of aromatic amines is 1. The van der Waals surface area contributed by atoms with Gasteiger partial charge in [0, 0.05) is 17.3 Å². The van der Waals surface area contributed by atoms with E-state index in [1.165, 1.54) is 0 Å². The summed E-state index contributed by atoms with van der Waals surface area (Å²) < 4.78 is 0. The van der Waals surface area contributed by atoms with Gasteiger partial charge >= 0.3 is 5.97 Å². The maximum atomic E-state index is 12.2. The van der Waals surface area contributed by atoms with Crippen LogP contribution in [0.2, 0.25) is 0 Å². The number of carboxylic acids is 1. The molecule has 2 heterocycles. The molecule has 0 saturated heterocycles. The van der Waals surface area contributed by atoms with Gasteiger partial charge in [0.25, 0.3) is 5.91 Å². The van der Waals surface area contributed by atoms with Crippen LogP contribution in [0.3, 0.4) is 0 Å². The van der Waals surface area contributed by atoms with E-state index in [2.05, 4.69) is 10.3 Å². The molecule has 0 aliphatic heterocycles. The van der Waals surface area contributed by atoms with Crippen LogP contribution in [0, 0.1) is 6.92 Å². The zero-order valence-electron chi connectivity index (χ0n) is 11.1. The SMILES string of the molecule is Cc1cc(NC(=O)c2ccc3cc[nH]c3c2)sc1C(=O)O. The number of carbonyl (C=O) groups excluding carboxylic acids is 1. The molecule has 106 valence electrons. The molecule has 0 aliphatic rings. The number of thiophene rings is 1. The van der Waals surface area contributed by atoms with Gasteiger partial charge in [0.1, 0.15) is 4.88 Å². The number of nitrogens with one attached hydrogen (secondary N) is 2. The maximum Gasteiger partial charge on any atom is 0.346 e. The first-order valence-corrected chi connectivity index (χ1v) is 7.08. The van der Waals surface area contributed by atoms with Crippen molar-refractivity contribution < 1.29 is 14.7 Å². The number of fused-ring (bicyclic) bond motifs is 1. The molecule has 0 aliphatic carbocycles. The lowest BCUT2D eigenvalue weighted by Crippen LogP contribution is -2.10. The molecule has 0 atom stereocenters. The molecule has 2 aromatic heterocycles. The highest BCUT2D eigenvalue weighted by Gasteiger charge is 2.14. The van der Waals surface area contributed by atoms with Crippen LogP contribution in [0.4, 0.5) is 5.00 Å². The summed E-state index contributed by atoms with van der Waals surface area (Å²) in [6.45, 7) is 1.71. The summed E-state index contributed by atoms with van der Waals surface area (Å²) in [6.07, 6.45) is 1.81. The van der Waals surface area contributed by atoms with Crippen LogP contribution in [0.1, 0.15) is 25.6 Å². The Bertz CT molecular complexity index is 848. The number of H-pyrrole nitrogens is 1. The number of aromatic nitrogens is 1. The van der Waals surface area contributed by atoms with Crippen LogP contribution in [0.5, 0.6) is 0 Å². The summed E-state index contributed by atoms with van der Waals surface area (Å²) in [5.41, 5.74) is 2.05. The highest BCUT2D eigenvalue weighted by Crippen LogP contribution is 2.27. The topological polar surface area (TPSA) is 82.2 Å². The van der Waals surface area contributed by atoms with E-state index >= 15 is 0 Å². The van der Waals surface area contributed by atoms with Gasteiger partial charge in [-0.2, -0.15) is 0 Å². The third kappa shape index (κ3) is 2.53. The van der Waals surface area contributed by atoms with Crippen LogP contribution in [-0.4, -0.2) is 22.0 Å². The average molecular weight is 300 g/mol. The summed E-state index contributed by atoms with van der Waals surface area (Å²) in [7, 11) is 0. The van der Waals surface area contributed by atoms with Crippen molar-refractivity contribution in [1.82, 2.24) is 4.98 Å². The second kappa shape index (κ2) is 5.06. The molecule has 3 N–H and O–H groups in total. The average Bonchev–Trinajstić information content (AvgIpc) is 3.04. The highest BCUT2D eigenvalue weighted by atomic mass is 32.1. The fourth-order valence-electron chi connectivity index (χ4n) is 2.13. The number of aromatic carboxylic acids is 1. The molecule has 1 amide bonds. The minimum Gasteiger partial charge on any atom is -0.477 e. The van der Waals surface area contributed by atoms with E-state index in [1.807, 2.05) is 18.3 Å². The first-order valence-electron chi connectivity index (χ1n) is 6.27. The second-order valence-electron chi connectivity index (χ2n) is 4.66. The molecule has 3 rings (SSSR count). The first-order chi connectivity index (χ1) is 10.0. The Hall–Kier alpha value is -2.60. The van der Waals surface area contributed by atoms with E-state index in [-0.39, 0.29) is 10.8 Å². The molecule has 0 bridgehead atoms. The molecule has 21 heavy (non-hydrogen) atoms. The minimum absolute atomic E-state index is 0.241. The van der Waals surface area contributed by atoms with E-state index in [4.69, 9.17) is 5.11 Å². The Morgan fingerprint density at radius 1 is 1.24 bits per heavy atom. The summed E-state index contributed by atoms with van der Waals surface area (Å²) in [4.78, 5) is 26.5. The number of rotatable bonds is 3. The monoisotopic (exact) mass is 300 g/mol. The van der Waals surface area contributed by atoms with Crippen molar-refractivity contribution in [2.75, 3.05) is 5.32 Å². The Kier molecular flexibility index (Phi) is 3.23. The Labute approximate surface area is 124 Å². The van der Waals surface area contributed by atoms with E-state index in [0.717, 1.165) is 22.2 Å². The van der Waals surface area contributed by atoms with E-state index in [1.54, 1.807) is 25.1 Å². The number of aryl methyl sites for hydroxylation is 1. The van der Waals surface area contributed by atoms with E-state index in [0.29, 0.717) is 16.1 Å². The van der Waals surface area contributed by atoms with Gasteiger partial charge in [-0.1, -0.05) is 6.07 Å². The molecule has 0 spiro atoms. The Morgan fingerprint density at radius 3 is 2.76 bits per heavy atom. The molecular weight excluding hydrogens is 288 g/mol. The van der Waals surface area contributed by atoms with Crippen LogP contribution in [0.25, 0.3) is 10.9 Å². The molecule has 3 aromatic rings. The fraction of sp³-hybridized carbons (Fsp3) is 0.0667. The van der Waals surface area contributed by atoms with Crippen LogP contribution in [-0.2, 0) is 0 Å². The van der Waals surface area contributed by atoms with E-state index < -0.39 is 5.97 Å². The van der Waals surface area contributed by atoms with Crippen LogP contribution < -0.4 is 5.32 Å². The zero-order chi connectivity index (χ0) is 15.0. The number of carboxylic acid groups (broad SMARTS) is 1. The highest BCUT2D eigenvalue weighted by molar-refractivity contribution is 7.18. The maximum absolute atomic E-state index is 12.2. The van der Waals surface area contributed by atoms with Gasteiger partial charge in [-0.3, -0.25) is 4.79 Å². The van der Waals surface area contributed by atoms with Gasteiger partial charge in [0.15, 0.2) is 0 Å². The summed E-state index contributed by atoms with van der Waals surface area (Å²) in [5.74, 6) is -1.24. The van der Waals surface area contributed by atoms with Gasteiger partial charge in [-0.25, -0.2) is 4.79 Å². The molecular formula is C15H12N2O3S. The molecule has 6 heteroatoms. The molecule has 5 nitrogen and oxygen atoms in total. The normalized spacial score (nSPS) is 10.7. The zero-order valence-corrected chi connectivity index (χ0v) is 12.0. The van der Waals surface area contributed by atoms with Crippen molar-refractivity contribution in [3.05, 3.63) is 52.5 Å². The summed E-state index contributed by atoms with van der Waals surface area (Å²) >= 11 is 1.06. The summed E-state index contributed by atoms with van der Waals surface area (Å²) in [6, 6.07) is 8.97. The quantitative estimate of drug-likeness (QED) is 0.692. The molecule has 0 radical (unpaired) electrons. The van der Waals surface area contributed by atoms with Crippen molar-refractivity contribution in [3.8, 4) is 0 Å². The number of benzene rings is 1. The van der Waals surface area contributed by atoms with Crippen molar-refractivity contribution in [2.24, 2.45) is 0 Å². The first kappa shape index (κ1) is 13.4.